The number of rotatable bonds is 2. The number of hydrogen-bond acceptors (Lipinski definition) is 2. The summed E-state index contributed by atoms with van der Waals surface area (Å²) in [6.45, 7) is 2.01. The zero-order chi connectivity index (χ0) is 11.5. The Hall–Kier alpha value is -2.21. The lowest BCUT2D eigenvalue weighted by atomic mass is 10.00. The summed E-state index contributed by atoms with van der Waals surface area (Å²) in [5.74, 6) is 0.829. The Bertz CT molecular complexity index is 549. The number of nitrogens with zero attached hydrogens (tertiary/aromatic N) is 1. The van der Waals surface area contributed by atoms with Crippen LogP contribution in [0.3, 0.4) is 0 Å². The van der Waals surface area contributed by atoms with Gasteiger partial charge in [0.05, 0.1) is 12.7 Å². The summed E-state index contributed by atoms with van der Waals surface area (Å²) in [5.41, 5.74) is 3.74. The van der Waals surface area contributed by atoms with Gasteiger partial charge in [-0.05, 0) is 30.2 Å². The normalized spacial score (nSPS) is 9.81. The van der Waals surface area contributed by atoms with E-state index in [-0.39, 0.29) is 0 Å². The molecule has 3 heteroatoms. The van der Waals surface area contributed by atoms with Crippen molar-refractivity contribution in [1.29, 1.82) is 5.26 Å². The molecule has 1 N–H and O–H groups in total. The molecule has 0 aliphatic rings. The highest BCUT2D eigenvalue weighted by molar-refractivity contribution is 5.73. The molecular weight excluding hydrogens is 200 g/mol. The van der Waals surface area contributed by atoms with Crippen molar-refractivity contribution in [3.05, 3.63) is 41.7 Å². The van der Waals surface area contributed by atoms with Crippen LogP contribution in [0.25, 0.3) is 11.1 Å². The monoisotopic (exact) mass is 212 g/mol. The summed E-state index contributed by atoms with van der Waals surface area (Å²) >= 11 is 0. The van der Waals surface area contributed by atoms with E-state index in [0.29, 0.717) is 5.56 Å². The summed E-state index contributed by atoms with van der Waals surface area (Å²) < 4.78 is 5.15. The predicted octanol–water partition coefficient (Wildman–Crippen LogP) is 2.87. The van der Waals surface area contributed by atoms with Crippen LogP contribution in [-0.4, -0.2) is 12.1 Å². The van der Waals surface area contributed by atoms with E-state index in [1.807, 2.05) is 31.3 Å². The van der Waals surface area contributed by atoms with Crippen molar-refractivity contribution < 1.29 is 4.74 Å². The van der Waals surface area contributed by atoms with Gasteiger partial charge >= 0.3 is 0 Å². The second-order valence-corrected chi connectivity index (χ2v) is 3.58. The highest BCUT2D eigenvalue weighted by Gasteiger charge is 2.08. The molecule has 16 heavy (non-hydrogen) atoms. The van der Waals surface area contributed by atoms with Crippen LogP contribution in [0.4, 0.5) is 0 Å². The average Bonchev–Trinajstić information content (AvgIpc) is 2.76. The second-order valence-electron chi connectivity index (χ2n) is 3.58. The van der Waals surface area contributed by atoms with Crippen molar-refractivity contribution in [2.75, 3.05) is 7.11 Å². The number of nitriles is 1. The Kier molecular flexibility index (Phi) is 2.65. The number of H-pyrrole nitrogens is 1. The fourth-order valence-corrected chi connectivity index (χ4v) is 1.74. The first-order valence-electron chi connectivity index (χ1n) is 4.98. The highest BCUT2D eigenvalue weighted by Crippen LogP contribution is 2.28. The van der Waals surface area contributed by atoms with E-state index in [9.17, 15) is 0 Å². The first-order valence-corrected chi connectivity index (χ1v) is 4.98. The number of ether oxygens (including phenoxy) is 1. The molecule has 0 amide bonds. The van der Waals surface area contributed by atoms with Gasteiger partial charge in [-0.1, -0.05) is 6.07 Å². The maximum Gasteiger partial charge on any atom is 0.119 e. The van der Waals surface area contributed by atoms with Gasteiger partial charge < -0.3 is 9.72 Å². The molecule has 0 saturated carbocycles. The van der Waals surface area contributed by atoms with Crippen LogP contribution in [0.2, 0.25) is 0 Å². The zero-order valence-corrected chi connectivity index (χ0v) is 9.24. The fourth-order valence-electron chi connectivity index (χ4n) is 1.74. The molecule has 1 aromatic carbocycles. The average molecular weight is 212 g/mol. The molecule has 0 spiro atoms. The second kappa shape index (κ2) is 4.11. The van der Waals surface area contributed by atoms with Crippen LogP contribution < -0.4 is 4.74 Å². The van der Waals surface area contributed by atoms with Crippen LogP contribution >= 0.6 is 0 Å². The van der Waals surface area contributed by atoms with E-state index in [1.165, 1.54) is 0 Å². The number of aryl methyl sites for hydroxylation is 1. The number of aromatic nitrogens is 1. The van der Waals surface area contributed by atoms with Crippen molar-refractivity contribution >= 4 is 0 Å². The van der Waals surface area contributed by atoms with Crippen LogP contribution in [-0.2, 0) is 0 Å². The molecule has 2 rings (SSSR count). The molecule has 0 radical (unpaired) electrons. The third kappa shape index (κ3) is 1.66. The maximum absolute atomic E-state index is 8.97. The lowest BCUT2D eigenvalue weighted by Gasteiger charge is -2.06. The molecule has 3 nitrogen and oxygen atoms in total. The lowest BCUT2D eigenvalue weighted by molar-refractivity contribution is 0.414. The summed E-state index contributed by atoms with van der Waals surface area (Å²) in [6, 6.07) is 8.00. The number of hydrogen-bond donors (Lipinski definition) is 1. The van der Waals surface area contributed by atoms with E-state index in [4.69, 9.17) is 10.00 Å². The SMILES string of the molecule is COc1ccc(-c2c[nH]cc2C#N)c(C)c1. The van der Waals surface area contributed by atoms with E-state index in [1.54, 1.807) is 13.3 Å². The Morgan fingerprint density at radius 3 is 2.69 bits per heavy atom. The van der Waals surface area contributed by atoms with Gasteiger partial charge in [0.15, 0.2) is 0 Å². The molecule has 0 saturated heterocycles. The van der Waals surface area contributed by atoms with E-state index in [0.717, 1.165) is 22.4 Å². The molecule has 0 fully saturated rings. The minimum Gasteiger partial charge on any atom is -0.497 e. The molecule has 0 aliphatic heterocycles. The van der Waals surface area contributed by atoms with Crippen molar-refractivity contribution in [1.82, 2.24) is 4.98 Å². The van der Waals surface area contributed by atoms with Crippen LogP contribution in [0.5, 0.6) is 5.75 Å². The standard InChI is InChI=1S/C13H12N2O/c1-9-5-11(16-2)3-4-12(9)13-8-15-7-10(13)6-14/h3-5,7-8,15H,1-2H3. The molecule has 0 atom stereocenters. The molecule has 1 heterocycles. The van der Waals surface area contributed by atoms with Crippen molar-refractivity contribution in [2.45, 2.75) is 6.92 Å². The predicted molar refractivity (Wildman–Crippen MR) is 62.2 cm³/mol. The number of methoxy groups -OCH3 is 1. The smallest absolute Gasteiger partial charge is 0.119 e. The van der Waals surface area contributed by atoms with E-state index in [2.05, 4.69) is 11.1 Å². The lowest BCUT2D eigenvalue weighted by Crippen LogP contribution is -1.87. The van der Waals surface area contributed by atoms with E-state index < -0.39 is 0 Å². The molecule has 0 unspecified atom stereocenters. The van der Waals surface area contributed by atoms with Gasteiger partial charge in [-0.25, -0.2) is 0 Å². The largest absolute Gasteiger partial charge is 0.497 e. The van der Waals surface area contributed by atoms with Crippen LogP contribution in [0, 0.1) is 18.3 Å². The topological polar surface area (TPSA) is 48.8 Å². The van der Waals surface area contributed by atoms with E-state index >= 15 is 0 Å². The summed E-state index contributed by atoms with van der Waals surface area (Å²) in [7, 11) is 1.64. The minimum absolute atomic E-state index is 0.660. The number of benzene rings is 1. The Morgan fingerprint density at radius 1 is 1.25 bits per heavy atom. The van der Waals surface area contributed by atoms with Gasteiger partial charge in [-0.2, -0.15) is 5.26 Å². The van der Waals surface area contributed by atoms with Gasteiger partial charge in [0, 0.05) is 18.0 Å². The van der Waals surface area contributed by atoms with Crippen LogP contribution in [0.1, 0.15) is 11.1 Å². The Labute approximate surface area is 94.3 Å². The van der Waals surface area contributed by atoms with Crippen molar-refractivity contribution in [3.63, 3.8) is 0 Å². The summed E-state index contributed by atoms with van der Waals surface area (Å²) in [6.07, 6.45) is 3.55. The minimum atomic E-state index is 0.660. The van der Waals surface area contributed by atoms with Gasteiger partial charge in [0.2, 0.25) is 0 Å². The van der Waals surface area contributed by atoms with Gasteiger partial charge in [0.1, 0.15) is 11.8 Å². The molecule has 0 aliphatic carbocycles. The number of aromatic amines is 1. The molecule has 1 aromatic heterocycles. The Balaban J connectivity index is 2.53. The summed E-state index contributed by atoms with van der Waals surface area (Å²) in [4.78, 5) is 2.95. The van der Waals surface area contributed by atoms with Crippen molar-refractivity contribution in [2.24, 2.45) is 0 Å². The fraction of sp³-hybridized carbons (Fsp3) is 0.154. The highest BCUT2D eigenvalue weighted by atomic mass is 16.5. The van der Waals surface area contributed by atoms with Crippen LogP contribution in [0.15, 0.2) is 30.6 Å². The molecular formula is C13H12N2O. The maximum atomic E-state index is 8.97. The van der Waals surface area contributed by atoms with Gasteiger partial charge in [0.25, 0.3) is 0 Å². The number of nitrogens with one attached hydrogen (secondary N) is 1. The van der Waals surface area contributed by atoms with Gasteiger partial charge in [-0.15, -0.1) is 0 Å². The molecule has 2 aromatic rings. The molecule has 80 valence electrons. The Morgan fingerprint density at radius 2 is 2.06 bits per heavy atom. The van der Waals surface area contributed by atoms with Gasteiger partial charge in [-0.3, -0.25) is 0 Å². The zero-order valence-electron chi connectivity index (χ0n) is 9.24. The third-order valence-electron chi connectivity index (χ3n) is 2.59. The quantitative estimate of drug-likeness (QED) is 0.832. The first-order chi connectivity index (χ1) is 7.76. The van der Waals surface area contributed by atoms with Crippen molar-refractivity contribution in [3.8, 4) is 22.9 Å². The third-order valence-corrected chi connectivity index (χ3v) is 2.59. The summed E-state index contributed by atoms with van der Waals surface area (Å²) in [5, 5.41) is 8.97. The first kappa shape index (κ1) is 10.3. The molecule has 0 bridgehead atoms.